The average Bonchev–Trinajstić information content (AvgIpc) is 2.88. The van der Waals surface area contributed by atoms with E-state index in [9.17, 15) is 23.1 Å². The fourth-order valence-corrected chi connectivity index (χ4v) is 5.97. The second kappa shape index (κ2) is 12.5. The molecular formula is C29H46F3N5O3. The molecule has 1 aromatic heterocycles. The molecule has 0 aromatic carbocycles. The Morgan fingerprint density at radius 2 is 1.75 bits per heavy atom. The summed E-state index contributed by atoms with van der Waals surface area (Å²) < 4.78 is 43.8. The van der Waals surface area contributed by atoms with Gasteiger partial charge in [-0.3, -0.25) is 9.69 Å². The van der Waals surface area contributed by atoms with Crippen LogP contribution >= 0.6 is 0 Å². The molecule has 0 radical (unpaired) electrons. The van der Waals surface area contributed by atoms with Gasteiger partial charge in [-0.25, -0.2) is 9.97 Å². The number of ether oxygens (including phenoxy) is 1. The SMILES string of the molecule is COCCc1cc(N2CCN(CC[C@H]3CC[C@@H](NC(=O)C4CC(O)(C(F)(F)F)C4)CC3)CC2)nc(C(C)(C)C)n1. The highest BCUT2D eigenvalue weighted by Crippen LogP contribution is 2.48. The van der Waals surface area contributed by atoms with Crippen molar-refractivity contribution in [1.29, 1.82) is 0 Å². The first-order valence-electron chi connectivity index (χ1n) is 14.7. The third kappa shape index (κ3) is 7.64. The van der Waals surface area contributed by atoms with Gasteiger partial charge in [0.15, 0.2) is 5.60 Å². The summed E-state index contributed by atoms with van der Waals surface area (Å²) in [5.41, 5.74) is -1.81. The van der Waals surface area contributed by atoms with Gasteiger partial charge >= 0.3 is 6.18 Å². The average molecular weight is 570 g/mol. The summed E-state index contributed by atoms with van der Waals surface area (Å²) in [6.45, 7) is 11.9. The van der Waals surface area contributed by atoms with Gasteiger partial charge in [0.25, 0.3) is 0 Å². The lowest BCUT2D eigenvalue weighted by Gasteiger charge is -2.44. The number of carbonyl (C=O) groups is 1. The number of methoxy groups -OCH3 is 1. The van der Waals surface area contributed by atoms with E-state index in [0.29, 0.717) is 12.5 Å². The van der Waals surface area contributed by atoms with E-state index in [-0.39, 0.29) is 17.4 Å². The van der Waals surface area contributed by atoms with Gasteiger partial charge in [-0.05, 0) is 57.4 Å². The van der Waals surface area contributed by atoms with Crippen molar-refractivity contribution in [3.8, 4) is 0 Å². The quantitative estimate of drug-likeness (QED) is 0.467. The Kier molecular flexibility index (Phi) is 9.67. The topological polar surface area (TPSA) is 90.8 Å². The van der Waals surface area contributed by atoms with Gasteiger partial charge in [0.1, 0.15) is 11.6 Å². The van der Waals surface area contributed by atoms with Gasteiger partial charge in [-0.15, -0.1) is 0 Å². The number of alkyl halides is 3. The molecule has 0 bridgehead atoms. The highest BCUT2D eigenvalue weighted by atomic mass is 19.4. The summed E-state index contributed by atoms with van der Waals surface area (Å²) >= 11 is 0. The molecule has 0 atom stereocenters. The minimum absolute atomic E-state index is 0.0199. The number of anilines is 1. The van der Waals surface area contributed by atoms with Gasteiger partial charge in [-0.2, -0.15) is 13.2 Å². The van der Waals surface area contributed by atoms with E-state index in [2.05, 4.69) is 42.0 Å². The lowest BCUT2D eigenvalue weighted by atomic mass is 9.69. The Morgan fingerprint density at radius 1 is 1.10 bits per heavy atom. The standard InChI is InChI=1S/C29H46F3N5O3/c1-27(2,3)26-34-23(10-16-40-4)17-24(35-26)37-14-12-36(13-15-37)11-9-20-5-7-22(8-6-20)33-25(38)21-18-28(39,19-21)29(30,31)32/h17,20-22,39H,5-16,18-19H2,1-4H3,(H,33,38)/t20-,21?,22+,28?. The number of aliphatic hydroxyl groups is 1. The molecule has 4 rings (SSSR count). The lowest BCUT2D eigenvalue weighted by molar-refractivity contribution is -0.296. The van der Waals surface area contributed by atoms with Crippen LogP contribution in [0.25, 0.3) is 0 Å². The fourth-order valence-electron chi connectivity index (χ4n) is 5.97. The maximum absolute atomic E-state index is 12.8. The van der Waals surface area contributed by atoms with Crippen molar-refractivity contribution in [2.75, 3.05) is 51.3 Å². The van der Waals surface area contributed by atoms with E-state index < -0.39 is 30.5 Å². The van der Waals surface area contributed by atoms with E-state index in [4.69, 9.17) is 14.7 Å². The first kappa shape index (κ1) is 31.0. The number of hydrogen-bond acceptors (Lipinski definition) is 7. The molecule has 2 saturated carbocycles. The predicted molar refractivity (Wildman–Crippen MR) is 147 cm³/mol. The van der Waals surface area contributed by atoms with Crippen LogP contribution in [-0.4, -0.2) is 90.1 Å². The summed E-state index contributed by atoms with van der Waals surface area (Å²) in [7, 11) is 1.70. The van der Waals surface area contributed by atoms with Crippen LogP contribution in [0.5, 0.6) is 0 Å². The Hall–Kier alpha value is -1.98. The molecule has 1 aliphatic heterocycles. The monoisotopic (exact) mass is 569 g/mol. The predicted octanol–water partition coefficient (Wildman–Crippen LogP) is 3.85. The molecule has 40 heavy (non-hydrogen) atoms. The number of rotatable bonds is 9. The third-order valence-corrected chi connectivity index (χ3v) is 8.81. The zero-order chi connectivity index (χ0) is 29.1. The number of nitrogens with zero attached hydrogens (tertiary/aromatic N) is 4. The molecule has 1 amide bonds. The smallest absolute Gasteiger partial charge is 0.384 e. The second-order valence-corrected chi connectivity index (χ2v) is 13.0. The Balaban J connectivity index is 1.17. The minimum atomic E-state index is -4.67. The van der Waals surface area contributed by atoms with Crippen molar-refractivity contribution in [3.63, 3.8) is 0 Å². The number of carbonyl (C=O) groups excluding carboxylic acids is 1. The van der Waals surface area contributed by atoms with Crippen LogP contribution < -0.4 is 10.2 Å². The Labute approximate surface area is 236 Å². The molecule has 226 valence electrons. The minimum Gasteiger partial charge on any atom is -0.384 e. The van der Waals surface area contributed by atoms with Crippen LogP contribution in [0.3, 0.4) is 0 Å². The molecule has 2 N–H and O–H groups in total. The number of nitrogens with one attached hydrogen (secondary N) is 1. The molecule has 3 aliphatic rings. The highest BCUT2D eigenvalue weighted by molar-refractivity contribution is 5.80. The van der Waals surface area contributed by atoms with E-state index in [1.165, 1.54) is 0 Å². The maximum Gasteiger partial charge on any atom is 0.417 e. The van der Waals surface area contributed by atoms with E-state index in [1.807, 2.05) is 0 Å². The second-order valence-electron chi connectivity index (χ2n) is 13.0. The van der Waals surface area contributed by atoms with E-state index in [1.54, 1.807) is 7.11 Å². The van der Waals surface area contributed by atoms with Crippen molar-refractivity contribution in [2.45, 2.75) is 95.4 Å². The fraction of sp³-hybridized carbons (Fsp3) is 0.828. The molecule has 1 saturated heterocycles. The van der Waals surface area contributed by atoms with Crippen LogP contribution in [-0.2, 0) is 21.4 Å². The molecule has 2 aliphatic carbocycles. The van der Waals surface area contributed by atoms with E-state index >= 15 is 0 Å². The molecule has 0 unspecified atom stereocenters. The van der Waals surface area contributed by atoms with Gasteiger partial charge < -0.3 is 20.1 Å². The summed E-state index contributed by atoms with van der Waals surface area (Å²) in [4.78, 5) is 26.9. The molecule has 8 nitrogen and oxygen atoms in total. The zero-order valence-corrected chi connectivity index (χ0v) is 24.4. The van der Waals surface area contributed by atoms with E-state index in [0.717, 1.165) is 88.6 Å². The van der Waals surface area contributed by atoms with Gasteiger partial charge in [0.2, 0.25) is 5.91 Å². The van der Waals surface area contributed by atoms with Gasteiger partial charge in [0.05, 0.1) is 6.61 Å². The van der Waals surface area contributed by atoms with Crippen LogP contribution in [0, 0.1) is 11.8 Å². The van der Waals surface area contributed by atoms with Gasteiger partial charge in [-0.1, -0.05) is 20.8 Å². The van der Waals surface area contributed by atoms with Crippen molar-refractivity contribution >= 4 is 11.7 Å². The molecular weight excluding hydrogens is 523 g/mol. The maximum atomic E-state index is 12.8. The number of halogens is 3. The third-order valence-electron chi connectivity index (χ3n) is 8.81. The van der Waals surface area contributed by atoms with Crippen molar-refractivity contribution in [1.82, 2.24) is 20.2 Å². The highest BCUT2D eigenvalue weighted by Gasteiger charge is 2.62. The van der Waals surface area contributed by atoms with Gasteiger partial charge in [0, 0.05) is 68.8 Å². The van der Waals surface area contributed by atoms with Crippen LogP contribution in [0.4, 0.5) is 19.0 Å². The van der Waals surface area contributed by atoms with Crippen LogP contribution in [0.15, 0.2) is 6.07 Å². The number of amides is 1. The molecule has 2 heterocycles. The molecule has 11 heteroatoms. The Morgan fingerprint density at radius 3 is 2.33 bits per heavy atom. The van der Waals surface area contributed by atoms with Crippen molar-refractivity contribution in [3.05, 3.63) is 17.6 Å². The lowest BCUT2D eigenvalue weighted by Crippen LogP contribution is -2.59. The normalized spacial score (nSPS) is 28.3. The largest absolute Gasteiger partial charge is 0.417 e. The summed E-state index contributed by atoms with van der Waals surface area (Å²) in [5.74, 6) is 1.36. The first-order valence-corrected chi connectivity index (χ1v) is 14.7. The Bertz CT molecular complexity index is 994. The number of hydrogen-bond donors (Lipinski definition) is 2. The van der Waals surface area contributed by atoms with Crippen LogP contribution in [0.2, 0.25) is 0 Å². The summed E-state index contributed by atoms with van der Waals surface area (Å²) in [5, 5.41) is 12.5. The molecule has 0 spiro atoms. The number of aromatic nitrogens is 2. The molecule has 3 fully saturated rings. The van der Waals surface area contributed by atoms with Crippen molar-refractivity contribution in [2.24, 2.45) is 11.8 Å². The zero-order valence-electron chi connectivity index (χ0n) is 24.4. The van der Waals surface area contributed by atoms with Crippen molar-refractivity contribution < 1.29 is 27.8 Å². The molecule has 1 aromatic rings. The van der Waals surface area contributed by atoms with Crippen LogP contribution in [0.1, 0.15) is 77.2 Å². The summed E-state index contributed by atoms with van der Waals surface area (Å²) in [6, 6.07) is 2.12. The summed E-state index contributed by atoms with van der Waals surface area (Å²) in [6.07, 6.45) is -0.109. The first-order chi connectivity index (χ1) is 18.8. The number of piperazine rings is 1.